The predicted molar refractivity (Wildman–Crippen MR) is 116 cm³/mol. The number of hydrogen-bond acceptors (Lipinski definition) is 4. The molecule has 3 rings (SSSR count). The van der Waals surface area contributed by atoms with Crippen LogP contribution in [-0.2, 0) is 4.74 Å². The van der Waals surface area contributed by atoms with Crippen LogP contribution in [0.1, 0.15) is 52.5 Å². The lowest BCUT2D eigenvalue weighted by molar-refractivity contribution is 0.0272. The number of fused-ring (bicyclic) bond motifs is 1. The van der Waals surface area contributed by atoms with Crippen LogP contribution < -0.4 is 10.5 Å². The molecule has 1 heterocycles. The summed E-state index contributed by atoms with van der Waals surface area (Å²) in [5, 5.41) is 0. The molecule has 158 valence electrons. The maximum absolute atomic E-state index is 12.3. The Labute approximate surface area is 173 Å². The van der Waals surface area contributed by atoms with Gasteiger partial charge in [0.1, 0.15) is 11.4 Å². The standard InChI is InChI=1S/C23H33N3O3/c1-5-7-21(25-15-24)16-8-6-9-19(10-16)28-20-11-17-13-26(14-18(17)12-20)22(27)29-23(2,3)4/h6-10,15,17-18,20H,5,11-14H2,1-4H3,(H2,24,25)/b21-7-/t17-,18+,20+. The fourth-order valence-corrected chi connectivity index (χ4v) is 4.26. The van der Waals surface area contributed by atoms with Crippen LogP contribution in [0.5, 0.6) is 5.75 Å². The van der Waals surface area contributed by atoms with E-state index >= 15 is 0 Å². The smallest absolute Gasteiger partial charge is 0.410 e. The molecule has 1 aliphatic heterocycles. The van der Waals surface area contributed by atoms with Gasteiger partial charge in [0.15, 0.2) is 0 Å². The second-order valence-corrected chi connectivity index (χ2v) is 8.92. The zero-order chi connectivity index (χ0) is 21.0. The summed E-state index contributed by atoms with van der Waals surface area (Å²) in [5.74, 6) is 1.81. The molecule has 0 bridgehead atoms. The molecule has 0 unspecified atom stereocenters. The summed E-state index contributed by atoms with van der Waals surface area (Å²) < 4.78 is 11.8. The largest absolute Gasteiger partial charge is 0.490 e. The van der Waals surface area contributed by atoms with Crippen LogP contribution in [0.15, 0.2) is 35.3 Å². The third kappa shape index (κ3) is 5.52. The second kappa shape index (κ2) is 8.89. The highest BCUT2D eigenvalue weighted by Gasteiger charge is 2.44. The second-order valence-electron chi connectivity index (χ2n) is 8.92. The Bertz CT molecular complexity index is 768. The van der Waals surface area contributed by atoms with E-state index in [1.807, 2.05) is 56.0 Å². The molecular weight excluding hydrogens is 366 g/mol. The molecule has 0 radical (unpaired) electrons. The molecule has 1 aromatic carbocycles. The van der Waals surface area contributed by atoms with Gasteiger partial charge < -0.3 is 20.1 Å². The lowest BCUT2D eigenvalue weighted by Gasteiger charge is -2.25. The van der Waals surface area contributed by atoms with Crippen LogP contribution in [-0.4, -0.2) is 42.1 Å². The maximum Gasteiger partial charge on any atom is 0.410 e. The molecule has 2 N–H and O–H groups in total. The minimum atomic E-state index is -0.454. The van der Waals surface area contributed by atoms with Crippen LogP contribution in [0.2, 0.25) is 0 Å². The lowest BCUT2D eigenvalue weighted by Crippen LogP contribution is -2.36. The van der Waals surface area contributed by atoms with Crippen LogP contribution in [0.25, 0.3) is 5.70 Å². The highest BCUT2D eigenvalue weighted by Crippen LogP contribution is 2.40. The van der Waals surface area contributed by atoms with Crippen LogP contribution in [0.4, 0.5) is 4.79 Å². The summed E-state index contributed by atoms with van der Waals surface area (Å²) in [6.45, 7) is 9.30. The van der Waals surface area contributed by atoms with Gasteiger partial charge in [0.2, 0.25) is 0 Å². The van der Waals surface area contributed by atoms with Crippen molar-refractivity contribution in [3.63, 3.8) is 0 Å². The highest BCUT2D eigenvalue weighted by molar-refractivity contribution is 5.72. The molecule has 2 fully saturated rings. The van der Waals surface area contributed by atoms with Crippen molar-refractivity contribution in [3.8, 4) is 5.75 Å². The zero-order valence-corrected chi connectivity index (χ0v) is 17.9. The van der Waals surface area contributed by atoms with E-state index in [0.29, 0.717) is 11.8 Å². The third-order valence-electron chi connectivity index (χ3n) is 5.40. The molecule has 1 aliphatic carbocycles. The number of carbonyl (C=O) groups is 1. The quantitative estimate of drug-likeness (QED) is 0.586. The molecule has 3 atom stereocenters. The number of amides is 1. The number of likely N-dealkylation sites (tertiary alicyclic amines) is 1. The van der Waals surface area contributed by atoms with E-state index in [4.69, 9.17) is 15.2 Å². The molecule has 2 aliphatic rings. The number of benzene rings is 1. The number of nitrogens with two attached hydrogens (primary N) is 1. The van der Waals surface area contributed by atoms with E-state index in [1.165, 1.54) is 6.34 Å². The summed E-state index contributed by atoms with van der Waals surface area (Å²) in [6.07, 6.45) is 6.17. The van der Waals surface area contributed by atoms with Crippen LogP contribution >= 0.6 is 0 Å². The number of rotatable bonds is 5. The molecule has 6 nitrogen and oxygen atoms in total. The number of carbonyl (C=O) groups excluding carboxylic acids is 1. The summed E-state index contributed by atoms with van der Waals surface area (Å²) in [6, 6.07) is 8.01. The van der Waals surface area contributed by atoms with Gasteiger partial charge in [-0.25, -0.2) is 9.79 Å². The van der Waals surface area contributed by atoms with E-state index in [-0.39, 0.29) is 12.2 Å². The molecular formula is C23H33N3O3. The summed E-state index contributed by atoms with van der Waals surface area (Å²) in [5.41, 5.74) is 6.89. The third-order valence-corrected chi connectivity index (χ3v) is 5.40. The maximum atomic E-state index is 12.3. The summed E-state index contributed by atoms with van der Waals surface area (Å²) in [4.78, 5) is 18.4. The Morgan fingerprint density at radius 1 is 1.28 bits per heavy atom. The SMILES string of the molecule is CC/C=C(\N=C/N)c1cccc(O[C@H]2C[C@@H]3CN(C(=O)OC(C)(C)C)C[C@@H]3C2)c1. The monoisotopic (exact) mass is 399 g/mol. The molecule has 29 heavy (non-hydrogen) atoms. The lowest BCUT2D eigenvalue weighted by atomic mass is 10.0. The molecule has 1 amide bonds. The Kier molecular flexibility index (Phi) is 6.50. The Hall–Kier alpha value is -2.50. The number of aliphatic imine (C=N–C) groups is 1. The predicted octanol–water partition coefficient (Wildman–Crippen LogP) is 4.45. The van der Waals surface area contributed by atoms with Crippen molar-refractivity contribution in [3.05, 3.63) is 35.9 Å². The molecule has 0 spiro atoms. The number of nitrogens with zero attached hydrogens (tertiary/aromatic N) is 2. The summed E-state index contributed by atoms with van der Waals surface area (Å²) in [7, 11) is 0. The van der Waals surface area contributed by atoms with Crippen molar-refractivity contribution in [2.24, 2.45) is 22.6 Å². The van der Waals surface area contributed by atoms with E-state index < -0.39 is 5.60 Å². The van der Waals surface area contributed by atoms with E-state index in [1.54, 1.807) is 0 Å². The number of allylic oxidation sites excluding steroid dienone is 1. The molecule has 6 heteroatoms. The fraction of sp³-hybridized carbons (Fsp3) is 0.565. The van der Waals surface area contributed by atoms with E-state index in [9.17, 15) is 4.79 Å². The van der Waals surface area contributed by atoms with Gasteiger partial charge in [-0.2, -0.15) is 0 Å². The van der Waals surface area contributed by atoms with Gasteiger partial charge in [-0.15, -0.1) is 0 Å². The summed E-state index contributed by atoms with van der Waals surface area (Å²) >= 11 is 0. The normalized spacial score (nSPS) is 24.8. The topological polar surface area (TPSA) is 77.2 Å². The van der Waals surface area contributed by atoms with Crippen LogP contribution in [0.3, 0.4) is 0 Å². The Morgan fingerprint density at radius 2 is 1.97 bits per heavy atom. The first-order chi connectivity index (χ1) is 13.8. The zero-order valence-electron chi connectivity index (χ0n) is 17.9. The first-order valence-corrected chi connectivity index (χ1v) is 10.5. The van der Waals surface area contributed by atoms with E-state index in [0.717, 1.165) is 49.4 Å². The fourth-order valence-electron chi connectivity index (χ4n) is 4.26. The van der Waals surface area contributed by atoms with E-state index in [2.05, 4.69) is 11.9 Å². The molecule has 1 saturated heterocycles. The Balaban J connectivity index is 1.58. The molecule has 1 saturated carbocycles. The van der Waals surface area contributed by atoms with Gasteiger partial charge in [0.25, 0.3) is 0 Å². The number of ether oxygens (including phenoxy) is 2. The molecule has 1 aromatic rings. The molecule has 0 aromatic heterocycles. The first kappa shape index (κ1) is 21.2. The van der Waals surface area contributed by atoms with Crippen molar-refractivity contribution in [2.45, 2.75) is 58.7 Å². The van der Waals surface area contributed by atoms with Gasteiger partial charge >= 0.3 is 6.09 Å². The minimum Gasteiger partial charge on any atom is -0.490 e. The van der Waals surface area contributed by atoms with Crippen molar-refractivity contribution >= 4 is 18.1 Å². The minimum absolute atomic E-state index is 0.178. The average Bonchev–Trinajstić information content (AvgIpc) is 3.19. The van der Waals surface area contributed by atoms with Crippen LogP contribution in [0, 0.1) is 11.8 Å². The first-order valence-electron chi connectivity index (χ1n) is 10.5. The average molecular weight is 400 g/mol. The van der Waals surface area contributed by atoms with Gasteiger partial charge in [0, 0.05) is 18.7 Å². The highest BCUT2D eigenvalue weighted by atomic mass is 16.6. The van der Waals surface area contributed by atoms with Crippen molar-refractivity contribution in [2.75, 3.05) is 13.1 Å². The van der Waals surface area contributed by atoms with Gasteiger partial charge in [-0.1, -0.05) is 25.1 Å². The Morgan fingerprint density at radius 3 is 2.55 bits per heavy atom. The van der Waals surface area contributed by atoms with Gasteiger partial charge in [-0.3, -0.25) is 0 Å². The van der Waals surface area contributed by atoms with Crippen molar-refractivity contribution in [1.82, 2.24) is 4.90 Å². The number of hydrogen-bond donors (Lipinski definition) is 1. The van der Waals surface area contributed by atoms with Gasteiger partial charge in [-0.05, 0) is 64.0 Å². The van der Waals surface area contributed by atoms with Crippen molar-refractivity contribution in [1.29, 1.82) is 0 Å². The van der Waals surface area contributed by atoms with Gasteiger partial charge in [0.05, 0.1) is 18.1 Å². The van der Waals surface area contributed by atoms with Crippen molar-refractivity contribution < 1.29 is 14.3 Å².